The third-order valence-corrected chi connectivity index (χ3v) is 3.42. The Balaban J connectivity index is 2.06. The normalized spacial score (nSPS) is 11.8. The zero-order valence-corrected chi connectivity index (χ0v) is 11.7. The predicted octanol–water partition coefficient (Wildman–Crippen LogP) is 1.19. The first-order valence-corrected chi connectivity index (χ1v) is 6.67. The van der Waals surface area contributed by atoms with Crippen LogP contribution in [0, 0.1) is 11.3 Å². The first-order chi connectivity index (χ1) is 10.7. The Labute approximate surface area is 126 Å². The Morgan fingerprint density at radius 2 is 2.23 bits per heavy atom. The van der Waals surface area contributed by atoms with Crippen LogP contribution in [0.1, 0.15) is 16.7 Å². The van der Waals surface area contributed by atoms with Crippen molar-refractivity contribution < 1.29 is 14.6 Å². The van der Waals surface area contributed by atoms with E-state index in [1.54, 1.807) is 6.07 Å². The van der Waals surface area contributed by atoms with E-state index in [1.807, 2.05) is 18.2 Å². The van der Waals surface area contributed by atoms with Crippen molar-refractivity contribution in [2.75, 3.05) is 24.7 Å². The van der Waals surface area contributed by atoms with Crippen LogP contribution in [0.25, 0.3) is 0 Å². The fourth-order valence-electron chi connectivity index (χ4n) is 2.38. The van der Waals surface area contributed by atoms with Gasteiger partial charge in [-0.3, -0.25) is 0 Å². The van der Waals surface area contributed by atoms with E-state index in [1.165, 1.54) is 0 Å². The maximum Gasteiger partial charge on any atom is 0.227 e. The van der Waals surface area contributed by atoms with Gasteiger partial charge in [-0.05, 0) is 6.07 Å². The molecular weight excluding hydrogens is 284 g/mol. The summed E-state index contributed by atoms with van der Waals surface area (Å²) in [6, 6.07) is 7.41. The predicted molar refractivity (Wildman–Crippen MR) is 79.7 cm³/mol. The molecule has 2 heterocycles. The smallest absolute Gasteiger partial charge is 0.227 e. The van der Waals surface area contributed by atoms with Gasteiger partial charge in [-0.2, -0.15) is 10.2 Å². The lowest BCUT2D eigenvalue weighted by Crippen LogP contribution is -2.13. The number of hydrogen-bond acceptors (Lipinski definition) is 7. The monoisotopic (exact) mass is 298 g/mol. The molecule has 0 saturated heterocycles. The number of para-hydroxylation sites is 1. The molecule has 0 unspecified atom stereocenters. The number of ether oxygens (including phenoxy) is 2. The molecule has 0 amide bonds. The van der Waals surface area contributed by atoms with Gasteiger partial charge < -0.3 is 26.0 Å². The standard InChI is InChI=1S/C15H14N4O3/c16-7-10-12(17)9-6-8-2-1-3-11(21-5-4-20)13(8)22-15(9)19-14(10)18/h1-3,20H,4-6H2,(H4,17,18,19). The molecule has 1 aliphatic heterocycles. The molecule has 22 heavy (non-hydrogen) atoms. The summed E-state index contributed by atoms with van der Waals surface area (Å²) in [6.07, 6.45) is 0.467. The van der Waals surface area contributed by atoms with Gasteiger partial charge in [-0.15, -0.1) is 0 Å². The van der Waals surface area contributed by atoms with Crippen LogP contribution in [0.2, 0.25) is 0 Å². The lowest BCUT2D eigenvalue weighted by Gasteiger charge is -2.23. The topological polar surface area (TPSA) is 127 Å². The lowest BCUT2D eigenvalue weighted by atomic mass is 9.99. The molecule has 0 atom stereocenters. The fraction of sp³-hybridized carbons (Fsp3) is 0.200. The molecule has 0 spiro atoms. The number of nitrogens with zero attached hydrogens (tertiary/aromatic N) is 2. The van der Waals surface area contributed by atoms with Gasteiger partial charge in [0.05, 0.1) is 12.3 Å². The van der Waals surface area contributed by atoms with Crippen molar-refractivity contribution >= 4 is 11.5 Å². The zero-order valence-electron chi connectivity index (χ0n) is 11.7. The minimum atomic E-state index is -0.0933. The van der Waals surface area contributed by atoms with E-state index in [4.69, 9.17) is 31.3 Å². The number of benzene rings is 1. The van der Waals surface area contributed by atoms with Gasteiger partial charge in [0, 0.05) is 17.5 Å². The number of rotatable bonds is 3. The molecule has 0 bridgehead atoms. The number of nitriles is 1. The molecule has 1 aliphatic rings. The summed E-state index contributed by atoms with van der Waals surface area (Å²) < 4.78 is 11.2. The van der Waals surface area contributed by atoms with Crippen LogP contribution in [0.4, 0.5) is 11.5 Å². The molecule has 1 aromatic heterocycles. The second-order valence-corrected chi connectivity index (χ2v) is 4.78. The van der Waals surface area contributed by atoms with E-state index in [0.29, 0.717) is 23.5 Å². The Morgan fingerprint density at radius 1 is 1.41 bits per heavy atom. The molecule has 0 fully saturated rings. The van der Waals surface area contributed by atoms with E-state index in [9.17, 15) is 0 Å². The number of nitrogens with two attached hydrogens (primary N) is 2. The van der Waals surface area contributed by atoms with Crippen LogP contribution in [-0.4, -0.2) is 23.3 Å². The van der Waals surface area contributed by atoms with E-state index >= 15 is 0 Å². The van der Waals surface area contributed by atoms with Crippen molar-refractivity contribution in [2.24, 2.45) is 0 Å². The van der Waals surface area contributed by atoms with E-state index in [-0.39, 0.29) is 36.2 Å². The highest BCUT2D eigenvalue weighted by molar-refractivity contribution is 5.72. The summed E-state index contributed by atoms with van der Waals surface area (Å²) in [6.45, 7) is 0.0711. The van der Waals surface area contributed by atoms with E-state index in [0.717, 1.165) is 5.56 Å². The summed E-state index contributed by atoms with van der Waals surface area (Å²) >= 11 is 0. The Bertz CT molecular complexity index is 783. The van der Waals surface area contributed by atoms with Gasteiger partial charge in [-0.25, -0.2) is 0 Å². The van der Waals surface area contributed by atoms with Crippen LogP contribution in [0.5, 0.6) is 17.4 Å². The highest BCUT2D eigenvalue weighted by atomic mass is 16.5. The summed E-state index contributed by atoms with van der Waals surface area (Å²) in [5, 5.41) is 18.0. The van der Waals surface area contributed by atoms with Gasteiger partial charge in [0.25, 0.3) is 0 Å². The molecule has 5 N–H and O–H groups in total. The van der Waals surface area contributed by atoms with Crippen LogP contribution < -0.4 is 20.9 Å². The fourth-order valence-corrected chi connectivity index (χ4v) is 2.38. The molecule has 1 aromatic carbocycles. The van der Waals surface area contributed by atoms with Crippen molar-refractivity contribution in [3.63, 3.8) is 0 Å². The van der Waals surface area contributed by atoms with Crippen molar-refractivity contribution in [1.29, 1.82) is 5.26 Å². The first kappa shape index (κ1) is 14.0. The number of hydrogen-bond donors (Lipinski definition) is 3. The third kappa shape index (κ3) is 2.16. The summed E-state index contributed by atoms with van der Waals surface area (Å²) in [5.74, 6) is 1.36. The van der Waals surface area contributed by atoms with Crippen molar-refractivity contribution in [3.05, 3.63) is 34.9 Å². The van der Waals surface area contributed by atoms with E-state index < -0.39 is 0 Å². The number of pyridine rings is 1. The Morgan fingerprint density at radius 3 is 2.95 bits per heavy atom. The highest BCUT2D eigenvalue weighted by Crippen LogP contribution is 2.44. The summed E-state index contributed by atoms with van der Waals surface area (Å²) in [4.78, 5) is 4.11. The summed E-state index contributed by atoms with van der Waals surface area (Å²) in [5.41, 5.74) is 13.7. The van der Waals surface area contributed by atoms with Crippen LogP contribution in [0.15, 0.2) is 18.2 Å². The average molecular weight is 298 g/mol. The highest BCUT2D eigenvalue weighted by Gasteiger charge is 2.26. The van der Waals surface area contributed by atoms with Gasteiger partial charge in [-0.1, -0.05) is 12.1 Å². The Kier molecular flexibility index (Phi) is 3.45. The van der Waals surface area contributed by atoms with Gasteiger partial charge in [0.2, 0.25) is 5.88 Å². The SMILES string of the molecule is N#Cc1c(N)nc2c(c1N)Cc1cccc(OCCO)c1O2. The second-order valence-electron chi connectivity index (χ2n) is 4.78. The minimum Gasteiger partial charge on any atom is -0.487 e. The summed E-state index contributed by atoms with van der Waals surface area (Å²) in [7, 11) is 0. The number of aromatic nitrogens is 1. The maximum atomic E-state index is 9.10. The molecule has 3 rings (SSSR count). The molecule has 0 radical (unpaired) electrons. The molecule has 0 aliphatic carbocycles. The van der Waals surface area contributed by atoms with Gasteiger partial charge in [0.1, 0.15) is 24.1 Å². The second kappa shape index (κ2) is 5.42. The average Bonchev–Trinajstić information content (AvgIpc) is 2.52. The van der Waals surface area contributed by atoms with Gasteiger partial charge >= 0.3 is 0 Å². The zero-order chi connectivity index (χ0) is 15.7. The van der Waals surface area contributed by atoms with Crippen LogP contribution in [0.3, 0.4) is 0 Å². The number of nitrogen functional groups attached to an aromatic ring is 2. The van der Waals surface area contributed by atoms with Crippen molar-refractivity contribution in [3.8, 4) is 23.4 Å². The minimum absolute atomic E-state index is 0.0379. The molecule has 7 nitrogen and oxygen atoms in total. The first-order valence-electron chi connectivity index (χ1n) is 6.67. The molecule has 0 saturated carbocycles. The molecular formula is C15H14N4O3. The molecule has 7 heteroatoms. The van der Waals surface area contributed by atoms with Gasteiger partial charge in [0.15, 0.2) is 11.5 Å². The van der Waals surface area contributed by atoms with E-state index in [2.05, 4.69) is 4.98 Å². The maximum absolute atomic E-state index is 9.10. The van der Waals surface area contributed by atoms with Crippen LogP contribution >= 0.6 is 0 Å². The number of aliphatic hydroxyl groups excluding tert-OH is 1. The molecule has 2 aromatic rings. The lowest BCUT2D eigenvalue weighted by molar-refractivity contribution is 0.197. The largest absolute Gasteiger partial charge is 0.487 e. The number of fused-ring (bicyclic) bond motifs is 2. The van der Waals surface area contributed by atoms with Crippen molar-refractivity contribution in [1.82, 2.24) is 4.98 Å². The van der Waals surface area contributed by atoms with Crippen LogP contribution in [-0.2, 0) is 6.42 Å². The number of anilines is 2. The number of aliphatic hydroxyl groups is 1. The Hall–Kier alpha value is -2.98. The molecule has 112 valence electrons. The van der Waals surface area contributed by atoms with Crippen molar-refractivity contribution in [2.45, 2.75) is 6.42 Å². The quantitative estimate of drug-likeness (QED) is 0.662. The third-order valence-electron chi connectivity index (χ3n) is 3.42.